The predicted molar refractivity (Wildman–Crippen MR) is 54.6 cm³/mol. The molecule has 0 amide bonds. The maximum absolute atomic E-state index is 12.1. The van der Waals surface area contributed by atoms with Crippen molar-refractivity contribution in [2.75, 3.05) is 7.04 Å². The largest absolute Gasteiger partial charge is 0.463 e. The number of para-hydroxylation sites is 1. The van der Waals surface area contributed by atoms with Crippen LogP contribution < -0.4 is 0 Å². The lowest BCUT2D eigenvalue weighted by Gasteiger charge is -1.96. The second-order valence-corrected chi connectivity index (χ2v) is 2.59. The van der Waals surface area contributed by atoms with Gasteiger partial charge in [0, 0.05) is 17.1 Å². The van der Waals surface area contributed by atoms with Gasteiger partial charge in [-0.25, -0.2) is 4.79 Å². The first-order valence-electron chi connectivity index (χ1n) is 7.82. The molecule has 0 spiro atoms. The molecule has 0 aliphatic heterocycles. The fraction of sp³-hybridized carbons (Fsp3) is 0.0909. The van der Waals surface area contributed by atoms with Crippen LogP contribution in [0.3, 0.4) is 0 Å². The van der Waals surface area contributed by atoms with E-state index in [0.29, 0.717) is 0 Å². The Balaban J connectivity index is 2.69. The number of rotatable bonds is 2. The fourth-order valence-electron chi connectivity index (χ4n) is 1.10. The average Bonchev–Trinajstić information content (AvgIpc) is 2.77. The predicted octanol–water partition coefficient (Wildman–Crippen LogP) is 1.52. The van der Waals surface area contributed by atoms with E-state index in [-0.39, 0.29) is 10.9 Å². The highest BCUT2D eigenvalue weighted by atomic mass is 16.5. The number of hydrogen-bond donors (Lipinski definition) is 1. The van der Waals surface area contributed by atoms with E-state index in [9.17, 15) is 9.59 Å². The minimum atomic E-state index is -3.15. The van der Waals surface area contributed by atoms with Gasteiger partial charge < -0.3 is 9.72 Å². The van der Waals surface area contributed by atoms with Crippen molar-refractivity contribution >= 4 is 22.7 Å². The van der Waals surface area contributed by atoms with Crippen LogP contribution in [0.1, 0.15) is 21.3 Å². The van der Waals surface area contributed by atoms with E-state index >= 15 is 0 Å². The Morgan fingerprint density at radius 2 is 2.27 bits per heavy atom. The van der Waals surface area contributed by atoms with E-state index in [1.165, 1.54) is 0 Å². The monoisotopic (exact) mass is 211 g/mol. The van der Waals surface area contributed by atoms with E-state index in [1.807, 2.05) is 0 Å². The Morgan fingerprint density at radius 1 is 1.47 bits per heavy atom. The third-order valence-corrected chi connectivity index (χ3v) is 1.76. The number of aromatic nitrogens is 1. The molecule has 15 heavy (non-hydrogen) atoms. The lowest BCUT2D eigenvalue weighted by atomic mass is 10.1. The highest BCUT2D eigenvalue weighted by Gasteiger charge is 2.19. The summed E-state index contributed by atoms with van der Waals surface area (Å²) in [6, 6.07) is -2.37. The zero-order chi connectivity index (χ0) is 17.7. The molecule has 0 fully saturated rings. The van der Waals surface area contributed by atoms with Gasteiger partial charge in [-0.05, 0) is 6.04 Å². The highest BCUT2D eigenvalue weighted by Crippen LogP contribution is 2.18. The van der Waals surface area contributed by atoms with Gasteiger partial charge in [-0.15, -0.1) is 0 Å². The Kier molecular flexibility index (Phi) is 0.907. The zero-order valence-corrected chi connectivity index (χ0v) is 7.22. The van der Waals surface area contributed by atoms with Gasteiger partial charge in [0.1, 0.15) is 0 Å². The molecule has 1 N–H and O–H groups in total. The summed E-state index contributed by atoms with van der Waals surface area (Å²) < 4.78 is 62.6. The van der Waals surface area contributed by atoms with Crippen LogP contribution in [-0.2, 0) is 9.53 Å². The number of hydrogen-bond acceptors (Lipinski definition) is 3. The Bertz CT molecular complexity index is 838. The summed E-state index contributed by atoms with van der Waals surface area (Å²) >= 11 is 0. The second-order valence-electron chi connectivity index (χ2n) is 2.59. The normalized spacial score (nSPS) is 18.7. The molecule has 2 aromatic rings. The van der Waals surface area contributed by atoms with Crippen molar-refractivity contribution < 1.29 is 25.3 Å². The molecule has 2 rings (SSSR count). The number of H-pyrrole nitrogens is 1. The number of nitrogens with one attached hydrogen (secondary N) is 1. The topological polar surface area (TPSA) is 59.2 Å². The molecule has 0 saturated carbocycles. The van der Waals surface area contributed by atoms with Gasteiger partial charge in [-0.3, -0.25) is 4.79 Å². The minimum absolute atomic E-state index is 0.231. The Labute approximate surface area is 97.1 Å². The molecule has 76 valence electrons. The molecule has 1 heterocycles. The van der Waals surface area contributed by atoms with Crippen LogP contribution in [0.2, 0.25) is 0 Å². The highest BCUT2D eigenvalue weighted by molar-refractivity contribution is 6.42. The van der Waals surface area contributed by atoms with Crippen molar-refractivity contribution in [1.82, 2.24) is 4.98 Å². The summed E-state index contributed by atoms with van der Waals surface area (Å²) in [6.45, 7) is 0. The number of carbonyl (C=O) groups excluding carboxylic acids is 2. The van der Waals surface area contributed by atoms with Crippen LogP contribution in [-0.4, -0.2) is 23.8 Å². The molecule has 1 aromatic carbocycles. The van der Waals surface area contributed by atoms with Gasteiger partial charge in [-0.2, -0.15) is 0 Å². The van der Waals surface area contributed by atoms with Gasteiger partial charge in [0.05, 0.1) is 23.6 Å². The number of fused-ring (bicyclic) bond motifs is 1. The molecule has 0 bridgehead atoms. The number of esters is 1. The molecule has 4 heteroatoms. The summed E-state index contributed by atoms with van der Waals surface area (Å²) in [7, 11) is -3.15. The second kappa shape index (κ2) is 3.57. The van der Waals surface area contributed by atoms with Crippen molar-refractivity contribution in [2.24, 2.45) is 0 Å². The molecule has 0 radical (unpaired) electrons. The Morgan fingerprint density at radius 3 is 3.07 bits per heavy atom. The third-order valence-electron chi connectivity index (χ3n) is 1.76. The summed E-state index contributed by atoms with van der Waals surface area (Å²) in [4.78, 5) is 25.9. The SMILES string of the molecule is [2H]c1[nH]c2c([2H])c([2H])c([2H])c([2H])c2c1C(=O)C(=O)OC([2H])([2H])[2H]. The van der Waals surface area contributed by atoms with Gasteiger partial charge in [0.15, 0.2) is 0 Å². The van der Waals surface area contributed by atoms with Crippen LogP contribution in [0.5, 0.6) is 0 Å². The maximum Gasteiger partial charge on any atom is 0.379 e. The third kappa shape index (κ3) is 1.50. The van der Waals surface area contributed by atoms with Crippen molar-refractivity contribution in [3.63, 3.8) is 0 Å². The summed E-state index contributed by atoms with van der Waals surface area (Å²) in [5.74, 6) is -3.23. The van der Waals surface area contributed by atoms with Crippen molar-refractivity contribution in [3.05, 3.63) is 35.9 Å². The van der Waals surface area contributed by atoms with Crippen LogP contribution in [0.15, 0.2) is 30.3 Å². The van der Waals surface area contributed by atoms with E-state index in [2.05, 4.69) is 9.72 Å². The van der Waals surface area contributed by atoms with Gasteiger partial charge >= 0.3 is 5.97 Å². The molecule has 0 saturated heterocycles. The summed E-state index contributed by atoms with van der Waals surface area (Å²) in [6.07, 6.45) is -0.639. The maximum atomic E-state index is 12.1. The molecule has 1 aromatic heterocycles. The smallest absolute Gasteiger partial charge is 0.379 e. The summed E-state index contributed by atoms with van der Waals surface area (Å²) in [5, 5.41) is -0.367. The molecule has 0 aliphatic rings. The number of benzene rings is 1. The van der Waals surface area contributed by atoms with Gasteiger partial charge in [-0.1, -0.05) is 18.1 Å². The van der Waals surface area contributed by atoms with Crippen LogP contribution in [0, 0.1) is 0 Å². The average molecular weight is 211 g/mol. The van der Waals surface area contributed by atoms with E-state index in [0.717, 1.165) is 0 Å². The van der Waals surface area contributed by atoms with Crippen LogP contribution >= 0.6 is 0 Å². The number of methoxy groups -OCH3 is 1. The lowest BCUT2D eigenvalue weighted by Crippen LogP contribution is -2.15. The fourth-order valence-corrected chi connectivity index (χ4v) is 1.10. The number of Topliss-reactive ketones (excluding diaryl/α,β-unsaturated/α-hetero) is 1. The van der Waals surface area contributed by atoms with Crippen molar-refractivity contribution in [1.29, 1.82) is 0 Å². The molecule has 0 unspecified atom stereocenters. The van der Waals surface area contributed by atoms with Gasteiger partial charge in [0.25, 0.3) is 5.78 Å². The number of ether oxygens (including phenoxy) is 1. The molecule has 0 aliphatic carbocycles. The van der Waals surface area contributed by atoms with E-state index in [4.69, 9.17) is 11.0 Å². The molecular formula is C11H9NO3. The lowest BCUT2D eigenvalue weighted by molar-refractivity contribution is -0.135. The number of ketones is 1. The quantitative estimate of drug-likeness (QED) is 0.465. The van der Waals surface area contributed by atoms with Gasteiger partial charge in [0.2, 0.25) is 0 Å². The van der Waals surface area contributed by atoms with Crippen LogP contribution in [0.4, 0.5) is 0 Å². The van der Waals surface area contributed by atoms with Crippen molar-refractivity contribution in [3.8, 4) is 0 Å². The molecule has 4 nitrogen and oxygen atoms in total. The first kappa shape index (κ1) is 3.81. The number of carbonyl (C=O) groups is 2. The van der Waals surface area contributed by atoms with E-state index in [1.54, 1.807) is 0 Å². The first-order valence-corrected chi connectivity index (χ1v) is 3.82. The van der Waals surface area contributed by atoms with E-state index < -0.39 is 54.7 Å². The minimum Gasteiger partial charge on any atom is -0.463 e. The van der Waals surface area contributed by atoms with Crippen molar-refractivity contribution in [2.45, 2.75) is 0 Å². The molecule has 0 atom stereocenters. The zero-order valence-electron chi connectivity index (χ0n) is 15.2. The number of aromatic amines is 1. The first-order chi connectivity index (χ1) is 10.5. The standard InChI is InChI=1S/C11H9NO3/c1-15-11(14)10(13)8-6-12-9-5-3-2-4-7(8)9/h2-6,12H,1H3/i1D3,2D,3D,4D,5D,6D. The molecular weight excluding hydrogens is 194 g/mol. The summed E-state index contributed by atoms with van der Waals surface area (Å²) in [5.41, 5.74) is -0.896. The Hall–Kier alpha value is -2.10. The van der Waals surface area contributed by atoms with Crippen LogP contribution in [0.25, 0.3) is 10.9 Å².